The molecular formula is C10H16N4. The zero-order chi connectivity index (χ0) is 10.2. The van der Waals surface area contributed by atoms with Crippen molar-refractivity contribution in [1.82, 2.24) is 9.97 Å². The molecule has 3 N–H and O–H groups in total. The van der Waals surface area contributed by atoms with Gasteiger partial charge in [0.2, 0.25) is 0 Å². The van der Waals surface area contributed by atoms with E-state index in [9.17, 15) is 0 Å². The fourth-order valence-corrected chi connectivity index (χ4v) is 1.38. The molecule has 1 aliphatic carbocycles. The normalized spacial score (nSPS) is 17.9. The van der Waals surface area contributed by atoms with Gasteiger partial charge in [-0.2, -0.15) is 0 Å². The van der Waals surface area contributed by atoms with Crippen LogP contribution in [0, 0.1) is 12.3 Å². The van der Waals surface area contributed by atoms with Gasteiger partial charge >= 0.3 is 0 Å². The summed E-state index contributed by atoms with van der Waals surface area (Å²) in [5.74, 6) is 2.08. The highest BCUT2D eigenvalue weighted by Crippen LogP contribution is 2.44. The molecule has 0 saturated heterocycles. The number of aryl methyl sites for hydroxylation is 1. The second kappa shape index (κ2) is 3.12. The third-order valence-corrected chi connectivity index (χ3v) is 2.66. The van der Waals surface area contributed by atoms with Crippen LogP contribution >= 0.6 is 0 Å². The molecule has 14 heavy (non-hydrogen) atoms. The van der Waals surface area contributed by atoms with Crippen LogP contribution in [0.15, 0.2) is 6.07 Å². The minimum atomic E-state index is 0.480. The number of aromatic nitrogens is 2. The average Bonchev–Trinajstić information content (AvgIpc) is 2.80. The van der Waals surface area contributed by atoms with Crippen molar-refractivity contribution >= 4 is 11.6 Å². The first kappa shape index (κ1) is 9.24. The summed E-state index contributed by atoms with van der Waals surface area (Å²) in [5, 5.41) is 3.30. The van der Waals surface area contributed by atoms with Crippen molar-refractivity contribution in [3.63, 3.8) is 0 Å². The van der Waals surface area contributed by atoms with Crippen molar-refractivity contribution in [3.05, 3.63) is 11.9 Å². The maximum atomic E-state index is 5.62. The zero-order valence-corrected chi connectivity index (χ0v) is 8.67. The van der Waals surface area contributed by atoms with E-state index in [-0.39, 0.29) is 0 Å². The lowest BCUT2D eigenvalue weighted by atomic mass is 10.1. The van der Waals surface area contributed by atoms with Crippen LogP contribution in [0.2, 0.25) is 0 Å². The number of anilines is 2. The first-order valence-corrected chi connectivity index (χ1v) is 4.92. The molecule has 1 heterocycles. The Morgan fingerprint density at radius 2 is 2.21 bits per heavy atom. The van der Waals surface area contributed by atoms with Gasteiger partial charge in [0.1, 0.15) is 17.5 Å². The molecule has 4 heteroatoms. The third kappa shape index (κ3) is 2.13. The number of hydrogen-bond acceptors (Lipinski definition) is 4. The Kier molecular flexibility index (Phi) is 2.06. The summed E-state index contributed by atoms with van der Waals surface area (Å²) in [7, 11) is 0. The molecule has 4 nitrogen and oxygen atoms in total. The number of nitrogens with one attached hydrogen (secondary N) is 1. The van der Waals surface area contributed by atoms with Crippen LogP contribution in [-0.4, -0.2) is 16.5 Å². The molecule has 0 unspecified atom stereocenters. The van der Waals surface area contributed by atoms with Crippen molar-refractivity contribution in [2.75, 3.05) is 17.6 Å². The number of hydrogen-bond donors (Lipinski definition) is 2. The number of nitrogens with zero attached hydrogens (tertiary/aromatic N) is 2. The van der Waals surface area contributed by atoms with E-state index in [0.717, 1.165) is 12.4 Å². The fraction of sp³-hybridized carbons (Fsp3) is 0.600. The highest BCUT2D eigenvalue weighted by molar-refractivity contribution is 5.44. The first-order chi connectivity index (χ1) is 6.57. The van der Waals surface area contributed by atoms with Crippen LogP contribution in [0.4, 0.5) is 11.6 Å². The van der Waals surface area contributed by atoms with Crippen LogP contribution in [0.3, 0.4) is 0 Å². The molecule has 0 radical (unpaired) electrons. The van der Waals surface area contributed by atoms with Gasteiger partial charge in [0.25, 0.3) is 0 Å². The maximum absolute atomic E-state index is 5.62. The number of nitrogen functional groups attached to an aromatic ring is 1. The molecule has 0 spiro atoms. The molecule has 76 valence electrons. The van der Waals surface area contributed by atoms with Crippen molar-refractivity contribution in [2.24, 2.45) is 5.41 Å². The average molecular weight is 192 g/mol. The second-order valence-electron chi connectivity index (χ2n) is 4.39. The van der Waals surface area contributed by atoms with Gasteiger partial charge in [0.05, 0.1) is 0 Å². The predicted octanol–water partition coefficient (Wildman–Crippen LogP) is 1.58. The van der Waals surface area contributed by atoms with Crippen molar-refractivity contribution in [1.29, 1.82) is 0 Å². The summed E-state index contributed by atoms with van der Waals surface area (Å²) < 4.78 is 0. The van der Waals surface area contributed by atoms with Crippen molar-refractivity contribution < 1.29 is 0 Å². The first-order valence-electron chi connectivity index (χ1n) is 4.92. The standard InChI is InChI=1S/C10H16N4/c1-7-13-8(11)5-9(14-7)12-6-10(2)3-4-10/h5H,3-4,6H2,1-2H3,(H3,11,12,13,14). The van der Waals surface area contributed by atoms with Crippen molar-refractivity contribution in [2.45, 2.75) is 26.7 Å². The smallest absolute Gasteiger partial charge is 0.131 e. The highest BCUT2D eigenvalue weighted by Gasteiger charge is 2.36. The summed E-state index contributed by atoms with van der Waals surface area (Å²) >= 11 is 0. The second-order valence-corrected chi connectivity index (χ2v) is 4.39. The maximum Gasteiger partial charge on any atom is 0.131 e. The minimum absolute atomic E-state index is 0.480. The summed E-state index contributed by atoms with van der Waals surface area (Å²) in [4.78, 5) is 8.28. The van der Waals surface area contributed by atoms with E-state index in [0.29, 0.717) is 17.1 Å². The molecule has 1 aromatic rings. The van der Waals surface area contributed by atoms with Gasteiger partial charge in [0.15, 0.2) is 0 Å². The topological polar surface area (TPSA) is 63.8 Å². The lowest BCUT2D eigenvalue weighted by Gasteiger charge is -2.11. The number of nitrogens with two attached hydrogens (primary N) is 1. The lowest BCUT2D eigenvalue weighted by Crippen LogP contribution is -2.13. The molecule has 0 atom stereocenters. The van der Waals surface area contributed by atoms with Crippen LogP contribution in [0.25, 0.3) is 0 Å². The molecule has 1 fully saturated rings. The Labute approximate surface area is 83.9 Å². The molecule has 0 amide bonds. The van der Waals surface area contributed by atoms with Gasteiger partial charge in [-0.05, 0) is 25.2 Å². The third-order valence-electron chi connectivity index (χ3n) is 2.66. The molecule has 1 aromatic heterocycles. The van der Waals surface area contributed by atoms with Gasteiger partial charge in [0, 0.05) is 12.6 Å². The number of rotatable bonds is 3. The van der Waals surface area contributed by atoms with E-state index in [1.54, 1.807) is 6.07 Å². The minimum Gasteiger partial charge on any atom is -0.384 e. The fourth-order valence-electron chi connectivity index (χ4n) is 1.38. The van der Waals surface area contributed by atoms with E-state index in [1.807, 2.05) is 6.92 Å². The molecule has 0 bridgehead atoms. The van der Waals surface area contributed by atoms with E-state index >= 15 is 0 Å². The van der Waals surface area contributed by atoms with E-state index in [2.05, 4.69) is 22.2 Å². The van der Waals surface area contributed by atoms with Crippen LogP contribution < -0.4 is 11.1 Å². The van der Waals surface area contributed by atoms with Crippen LogP contribution in [-0.2, 0) is 0 Å². The van der Waals surface area contributed by atoms with Crippen molar-refractivity contribution in [3.8, 4) is 0 Å². The Morgan fingerprint density at radius 3 is 2.79 bits per heavy atom. The van der Waals surface area contributed by atoms with Gasteiger partial charge in [-0.1, -0.05) is 6.92 Å². The summed E-state index contributed by atoms with van der Waals surface area (Å²) in [5.41, 5.74) is 6.10. The molecular weight excluding hydrogens is 176 g/mol. The molecule has 0 aliphatic heterocycles. The Bertz CT molecular complexity index is 324. The van der Waals surface area contributed by atoms with Gasteiger partial charge in [-0.25, -0.2) is 9.97 Å². The highest BCUT2D eigenvalue weighted by atomic mass is 15.1. The van der Waals surface area contributed by atoms with Gasteiger partial charge < -0.3 is 11.1 Å². The Hall–Kier alpha value is -1.32. The largest absolute Gasteiger partial charge is 0.384 e. The van der Waals surface area contributed by atoms with E-state index < -0.39 is 0 Å². The summed E-state index contributed by atoms with van der Waals surface area (Å²) in [6.07, 6.45) is 2.61. The zero-order valence-electron chi connectivity index (χ0n) is 8.67. The van der Waals surface area contributed by atoms with Crippen LogP contribution in [0.5, 0.6) is 0 Å². The molecule has 1 saturated carbocycles. The lowest BCUT2D eigenvalue weighted by molar-refractivity contribution is 0.609. The Morgan fingerprint density at radius 1 is 1.50 bits per heavy atom. The predicted molar refractivity (Wildman–Crippen MR) is 57.0 cm³/mol. The molecule has 0 aromatic carbocycles. The molecule has 2 rings (SSSR count). The van der Waals surface area contributed by atoms with Gasteiger partial charge in [-0.15, -0.1) is 0 Å². The van der Waals surface area contributed by atoms with E-state index in [1.165, 1.54) is 12.8 Å². The SMILES string of the molecule is Cc1nc(N)cc(NCC2(C)CC2)n1. The quantitative estimate of drug-likeness (QED) is 0.763. The van der Waals surface area contributed by atoms with Gasteiger partial charge in [-0.3, -0.25) is 0 Å². The van der Waals surface area contributed by atoms with Crippen LogP contribution in [0.1, 0.15) is 25.6 Å². The summed E-state index contributed by atoms with van der Waals surface area (Å²) in [6.45, 7) is 5.10. The monoisotopic (exact) mass is 192 g/mol. The molecule has 1 aliphatic rings. The van der Waals surface area contributed by atoms with E-state index in [4.69, 9.17) is 5.73 Å². The Balaban J connectivity index is 2.01. The summed E-state index contributed by atoms with van der Waals surface area (Å²) in [6, 6.07) is 1.78.